The number of nitrogens with one attached hydrogen (secondary N) is 1. The first-order valence-corrected chi connectivity index (χ1v) is 6.48. The van der Waals surface area contributed by atoms with Crippen LogP contribution in [-0.4, -0.2) is 17.4 Å². The lowest BCUT2D eigenvalue weighted by molar-refractivity contribution is 0.327. The number of rotatable bonds is 6. The fourth-order valence-corrected chi connectivity index (χ4v) is 2.20. The molecular weight excluding hydrogens is 243 g/mol. The van der Waals surface area contributed by atoms with Crippen molar-refractivity contribution in [3.05, 3.63) is 23.5 Å². The highest BCUT2D eigenvalue weighted by atomic mass is 35.5. The summed E-state index contributed by atoms with van der Waals surface area (Å²) in [5.74, 6) is 0.662. The van der Waals surface area contributed by atoms with E-state index in [9.17, 15) is 0 Å². The molecule has 1 heterocycles. The largest absolute Gasteiger partial charge is 0.383 e. The zero-order chi connectivity index (χ0) is 12.0. The second-order valence-electron chi connectivity index (χ2n) is 4.05. The van der Waals surface area contributed by atoms with Crippen LogP contribution in [-0.2, 0) is 0 Å². The third-order valence-corrected chi connectivity index (χ3v) is 4.08. The molecule has 0 bridgehead atoms. The van der Waals surface area contributed by atoms with Crippen LogP contribution in [0.15, 0.2) is 18.5 Å². The van der Waals surface area contributed by atoms with Gasteiger partial charge in [-0.2, -0.15) is 0 Å². The van der Waals surface area contributed by atoms with Crippen molar-refractivity contribution in [3.63, 3.8) is 0 Å². The molecule has 0 atom stereocenters. The van der Waals surface area contributed by atoms with Gasteiger partial charge in [-0.25, -0.2) is 0 Å². The van der Waals surface area contributed by atoms with Crippen LogP contribution in [0.4, 0.5) is 5.69 Å². The molecule has 0 aliphatic heterocycles. The SMILES string of the molecule is CCC(CC)(CCl)CNc1ccncc1Cl. The summed E-state index contributed by atoms with van der Waals surface area (Å²) < 4.78 is 0. The summed E-state index contributed by atoms with van der Waals surface area (Å²) in [6.07, 6.45) is 5.49. The van der Waals surface area contributed by atoms with Crippen molar-refractivity contribution >= 4 is 28.9 Å². The van der Waals surface area contributed by atoms with Gasteiger partial charge in [-0.05, 0) is 18.9 Å². The van der Waals surface area contributed by atoms with E-state index in [0.29, 0.717) is 10.9 Å². The average Bonchev–Trinajstić information content (AvgIpc) is 2.34. The number of anilines is 1. The van der Waals surface area contributed by atoms with Crippen molar-refractivity contribution in [3.8, 4) is 0 Å². The Morgan fingerprint density at radius 2 is 2.06 bits per heavy atom. The van der Waals surface area contributed by atoms with Crippen molar-refractivity contribution < 1.29 is 0 Å². The normalized spacial score (nSPS) is 11.5. The lowest BCUT2D eigenvalue weighted by Crippen LogP contribution is -2.30. The first kappa shape index (κ1) is 13.6. The van der Waals surface area contributed by atoms with Crippen molar-refractivity contribution in [2.75, 3.05) is 17.7 Å². The average molecular weight is 261 g/mol. The number of hydrogen-bond acceptors (Lipinski definition) is 2. The maximum absolute atomic E-state index is 6.05. The van der Waals surface area contributed by atoms with Gasteiger partial charge in [-0.15, -0.1) is 11.6 Å². The zero-order valence-electron chi connectivity index (χ0n) is 9.76. The third kappa shape index (κ3) is 3.26. The summed E-state index contributed by atoms with van der Waals surface area (Å²) in [6, 6.07) is 1.88. The Morgan fingerprint density at radius 3 is 2.56 bits per heavy atom. The molecule has 4 heteroatoms. The molecule has 1 N–H and O–H groups in total. The van der Waals surface area contributed by atoms with Gasteiger partial charge in [0.05, 0.1) is 10.7 Å². The predicted molar refractivity (Wildman–Crippen MR) is 71.5 cm³/mol. The monoisotopic (exact) mass is 260 g/mol. The molecule has 90 valence electrons. The molecule has 1 aromatic rings. The van der Waals surface area contributed by atoms with E-state index < -0.39 is 0 Å². The van der Waals surface area contributed by atoms with E-state index in [1.165, 1.54) is 0 Å². The molecule has 1 aromatic heterocycles. The number of halogens is 2. The van der Waals surface area contributed by atoms with E-state index in [1.807, 2.05) is 6.07 Å². The third-order valence-electron chi connectivity index (χ3n) is 3.21. The van der Waals surface area contributed by atoms with Gasteiger partial charge >= 0.3 is 0 Å². The zero-order valence-corrected chi connectivity index (χ0v) is 11.3. The Morgan fingerprint density at radius 1 is 1.38 bits per heavy atom. The highest BCUT2D eigenvalue weighted by Crippen LogP contribution is 2.29. The molecule has 16 heavy (non-hydrogen) atoms. The Kier molecular flexibility index (Phi) is 5.36. The van der Waals surface area contributed by atoms with Crippen LogP contribution in [0.2, 0.25) is 5.02 Å². The lowest BCUT2D eigenvalue weighted by atomic mass is 9.84. The minimum atomic E-state index is 0.147. The minimum absolute atomic E-state index is 0.147. The number of hydrogen-bond donors (Lipinski definition) is 1. The topological polar surface area (TPSA) is 24.9 Å². The first-order chi connectivity index (χ1) is 7.67. The van der Waals surface area contributed by atoms with Crippen LogP contribution in [0.1, 0.15) is 26.7 Å². The quantitative estimate of drug-likeness (QED) is 0.776. The van der Waals surface area contributed by atoms with Crippen LogP contribution in [0.3, 0.4) is 0 Å². The van der Waals surface area contributed by atoms with Gasteiger partial charge in [0, 0.05) is 30.2 Å². The highest BCUT2D eigenvalue weighted by Gasteiger charge is 2.24. The fourth-order valence-electron chi connectivity index (χ4n) is 1.54. The Balaban J connectivity index is 2.66. The lowest BCUT2D eigenvalue weighted by Gasteiger charge is -2.30. The maximum Gasteiger partial charge on any atom is 0.0820 e. The fraction of sp³-hybridized carbons (Fsp3) is 0.583. The summed E-state index contributed by atoms with van der Waals surface area (Å²) in [4.78, 5) is 3.95. The molecule has 0 radical (unpaired) electrons. The van der Waals surface area contributed by atoms with Crippen LogP contribution in [0, 0.1) is 5.41 Å². The summed E-state index contributed by atoms with van der Waals surface area (Å²) in [5, 5.41) is 4.00. The van der Waals surface area contributed by atoms with Crippen molar-refractivity contribution in [2.24, 2.45) is 5.41 Å². The van der Waals surface area contributed by atoms with Crippen molar-refractivity contribution in [2.45, 2.75) is 26.7 Å². The second-order valence-corrected chi connectivity index (χ2v) is 4.72. The standard InChI is InChI=1S/C12H18Cl2N2/c1-3-12(4-2,8-13)9-16-11-5-6-15-7-10(11)14/h5-7H,3-4,8-9H2,1-2H3,(H,15,16). The molecule has 1 rings (SSSR count). The van der Waals surface area contributed by atoms with E-state index in [2.05, 4.69) is 24.1 Å². The van der Waals surface area contributed by atoms with E-state index in [4.69, 9.17) is 23.2 Å². The van der Waals surface area contributed by atoms with Gasteiger partial charge in [-0.1, -0.05) is 25.4 Å². The molecule has 2 nitrogen and oxygen atoms in total. The van der Waals surface area contributed by atoms with Crippen molar-refractivity contribution in [1.29, 1.82) is 0 Å². The molecule has 0 unspecified atom stereocenters. The molecular formula is C12H18Cl2N2. The maximum atomic E-state index is 6.05. The number of nitrogens with zero attached hydrogens (tertiary/aromatic N) is 1. The smallest absolute Gasteiger partial charge is 0.0820 e. The van der Waals surface area contributed by atoms with Gasteiger partial charge in [-0.3, -0.25) is 4.98 Å². The summed E-state index contributed by atoms with van der Waals surface area (Å²) in [6.45, 7) is 5.18. The molecule has 0 fully saturated rings. The van der Waals surface area contributed by atoms with Gasteiger partial charge in [0.15, 0.2) is 0 Å². The molecule has 0 aromatic carbocycles. The van der Waals surface area contributed by atoms with Crippen LogP contribution >= 0.6 is 23.2 Å². The van der Waals surface area contributed by atoms with Gasteiger partial charge in [0.25, 0.3) is 0 Å². The van der Waals surface area contributed by atoms with Gasteiger partial charge in [0.1, 0.15) is 0 Å². The predicted octanol–water partition coefficient (Wildman–Crippen LogP) is 4.19. The minimum Gasteiger partial charge on any atom is -0.383 e. The van der Waals surface area contributed by atoms with E-state index in [1.54, 1.807) is 12.4 Å². The van der Waals surface area contributed by atoms with Gasteiger partial charge < -0.3 is 5.32 Å². The molecule has 0 aliphatic rings. The summed E-state index contributed by atoms with van der Waals surface area (Å²) >= 11 is 12.1. The molecule has 0 aliphatic carbocycles. The molecule has 0 spiro atoms. The number of alkyl halides is 1. The van der Waals surface area contributed by atoms with E-state index in [-0.39, 0.29) is 5.41 Å². The number of aromatic nitrogens is 1. The summed E-state index contributed by atoms with van der Waals surface area (Å²) in [7, 11) is 0. The summed E-state index contributed by atoms with van der Waals surface area (Å²) in [5.41, 5.74) is 1.07. The molecule has 0 saturated carbocycles. The van der Waals surface area contributed by atoms with Crippen LogP contribution < -0.4 is 5.32 Å². The molecule has 0 amide bonds. The van der Waals surface area contributed by atoms with Crippen LogP contribution in [0.5, 0.6) is 0 Å². The van der Waals surface area contributed by atoms with E-state index in [0.717, 1.165) is 25.1 Å². The van der Waals surface area contributed by atoms with Crippen LogP contribution in [0.25, 0.3) is 0 Å². The Labute approximate surface area is 107 Å². The van der Waals surface area contributed by atoms with E-state index >= 15 is 0 Å². The second kappa shape index (κ2) is 6.31. The Hall–Kier alpha value is -0.470. The molecule has 0 saturated heterocycles. The van der Waals surface area contributed by atoms with Crippen molar-refractivity contribution in [1.82, 2.24) is 4.98 Å². The van der Waals surface area contributed by atoms with Gasteiger partial charge in [0.2, 0.25) is 0 Å². The highest BCUT2D eigenvalue weighted by molar-refractivity contribution is 6.33. The Bertz CT molecular complexity index is 316. The number of pyridine rings is 1. The first-order valence-electron chi connectivity index (χ1n) is 5.57.